The monoisotopic (exact) mass is 327 g/mol. The number of nitrogens with zero attached hydrogens (tertiary/aromatic N) is 2. The normalized spacial score (nSPS) is 23.7. The molecule has 0 bridgehead atoms. The van der Waals surface area contributed by atoms with Crippen molar-refractivity contribution in [3.05, 3.63) is 28.8 Å². The van der Waals surface area contributed by atoms with Crippen molar-refractivity contribution in [2.24, 2.45) is 17.6 Å². The number of nitriles is 1. The molecule has 1 aromatic carbocycles. The van der Waals surface area contributed by atoms with Crippen molar-refractivity contribution < 1.29 is 8.42 Å². The summed E-state index contributed by atoms with van der Waals surface area (Å²) in [6, 6.07) is 6.12. The Kier molecular flexibility index (Phi) is 4.89. The van der Waals surface area contributed by atoms with E-state index in [0.29, 0.717) is 25.6 Å². The van der Waals surface area contributed by atoms with E-state index in [2.05, 4.69) is 6.92 Å². The molecule has 1 saturated heterocycles. The van der Waals surface area contributed by atoms with Crippen LogP contribution in [-0.4, -0.2) is 32.4 Å². The number of piperidine rings is 1. The minimum Gasteiger partial charge on any atom is -0.330 e. The average Bonchev–Trinajstić information content (AvgIpc) is 2.47. The lowest BCUT2D eigenvalue weighted by atomic mass is 9.88. The van der Waals surface area contributed by atoms with Crippen LogP contribution in [0.2, 0.25) is 5.02 Å². The minimum atomic E-state index is -3.59. The maximum absolute atomic E-state index is 12.7. The largest absolute Gasteiger partial charge is 0.330 e. The summed E-state index contributed by atoms with van der Waals surface area (Å²) in [6.07, 6.45) is 0.797. The number of halogens is 1. The Labute approximate surface area is 130 Å². The molecular formula is C14H18ClN3O2S. The van der Waals surface area contributed by atoms with Crippen LogP contribution in [0.25, 0.3) is 0 Å². The van der Waals surface area contributed by atoms with Gasteiger partial charge in [-0.3, -0.25) is 0 Å². The van der Waals surface area contributed by atoms with E-state index in [1.165, 1.54) is 22.5 Å². The third-order valence-electron chi connectivity index (χ3n) is 4.08. The van der Waals surface area contributed by atoms with Gasteiger partial charge in [0.15, 0.2) is 0 Å². The Balaban J connectivity index is 2.30. The van der Waals surface area contributed by atoms with Gasteiger partial charge in [0.2, 0.25) is 10.0 Å². The van der Waals surface area contributed by atoms with Crippen molar-refractivity contribution in [3.63, 3.8) is 0 Å². The van der Waals surface area contributed by atoms with E-state index in [0.717, 1.165) is 6.42 Å². The molecule has 0 aliphatic carbocycles. The van der Waals surface area contributed by atoms with E-state index in [1.54, 1.807) is 0 Å². The second-order valence-electron chi connectivity index (χ2n) is 5.38. The first-order valence-corrected chi connectivity index (χ1v) is 8.61. The Morgan fingerprint density at radius 1 is 1.52 bits per heavy atom. The van der Waals surface area contributed by atoms with E-state index in [9.17, 15) is 8.42 Å². The molecule has 2 unspecified atom stereocenters. The van der Waals surface area contributed by atoms with Gasteiger partial charge >= 0.3 is 0 Å². The number of nitrogens with two attached hydrogens (primary N) is 1. The Morgan fingerprint density at radius 3 is 2.81 bits per heavy atom. The molecule has 1 aromatic rings. The first-order chi connectivity index (χ1) is 9.90. The molecule has 0 saturated carbocycles. The number of benzene rings is 1. The Bertz CT molecular complexity index is 669. The summed E-state index contributed by atoms with van der Waals surface area (Å²) in [5, 5.41) is 9.00. The number of hydrogen-bond donors (Lipinski definition) is 1. The molecule has 0 radical (unpaired) electrons. The molecule has 2 rings (SSSR count). The summed E-state index contributed by atoms with van der Waals surface area (Å²) in [4.78, 5) is 0.122. The van der Waals surface area contributed by atoms with Gasteiger partial charge < -0.3 is 5.73 Å². The second-order valence-corrected chi connectivity index (χ2v) is 7.72. The van der Waals surface area contributed by atoms with E-state index in [-0.39, 0.29) is 21.4 Å². The summed E-state index contributed by atoms with van der Waals surface area (Å²) < 4.78 is 26.8. The zero-order chi connectivity index (χ0) is 15.6. The highest BCUT2D eigenvalue weighted by atomic mass is 35.5. The van der Waals surface area contributed by atoms with Crippen molar-refractivity contribution in [3.8, 4) is 6.07 Å². The topological polar surface area (TPSA) is 87.2 Å². The summed E-state index contributed by atoms with van der Waals surface area (Å²) in [6.45, 7) is 3.48. The molecule has 114 valence electrons. The maximum atomic E-state index is 12.7. The van der Waals surface area contributed by atoms with Crippen LogP contribution in [0.3, 0.4) is 0 Å². The van der Waals surface area contributed by atoms with E-state index in [1.807, 2.05) is 6.07 Å². The minimum absolute atomic E-state index is 0.122. The van der Waals surface area contributed by atoms with Crippen LogP contribution < -0.4 is 5.73 Å². The highest BCUT2D eigenvalue weighted by molar-refractivity contribution is 7.89. The van der Waals surface area contributed by atoms with Gasteiger partial charge in [-0.1, -0.05) is 18.5 Å². The van der Waals surface area contributed by atoms with Crippen molar-refractivity contribution in [2.45, 2.75) is 18.2 Å². The fourth-order valence-electron chi connectivity index (χ4n) is 2.54. The lowest BCUT2D eigenvalue weighted by Gasteiger charge is -2.35. The number of rotatable bonds is 3. The molecule has 21 heavy (non-hydrogen) atoms. The van der Waals surface area contributed by atoms with Gasteiger partial charge in [0.1, 0.15) is 6.07 Å². The standard InChI is InChI=1S/C14H18ClN3O2S/c1-10-4-5-18(9-12(10)8-17)21(19,20)13-3-2-11(7-16)14(15)6-13/h2-3,6,10,12H,4-5,8-9,17H2,1H3. The summed E-state index contributed by atoms with van der Waals surface area (Å²) in [5.41, 5.74) is 5.99. The molecule has 1 aliphatic heterocycles. The molecule has 1 heterocycles. The highest BCUT2D eigenvalue weighted by Gasteiger charge is 2.33. The molecule has 7 heteroatoms. The lowest BCUT2D eigenvalue weighted by molar-refractivity contribution is 0.203. The van der Waals surface area contributed by atoms with Crippen molar-refractivity contribution in [2.75, 3.05) is 19.6 Å². The van der Waals surface area contributed by atoms with Gasteiger partial charge in [-0.05, 0) is 43.0 Å². The smallest absolute Gasteiger partial charge is 0.243 e. The van der Waals surface area contributed by atoms with E-state index < -0.39 is 10.0 Å². The van der Waals surface area contributed by atoms with Gasteiger partial charge in [-0.25, -0.2) is 8.42 Å². The average molecular weight is 328 g/mol. The molecule has 2 N–H and O–H groups in total. The quantitative estimate of drug-likeness (QED) is 0.917. The first kappa shape index (κ1) is 16.2. The van der Waals surface area contributed by atoms with Gasteiger partial charge in [0.05, 0.1) is 15.5 Å². The lowest BCUT2D eigenvalue weighted by Crippen LogP contribution is -2.45. The van der Waals surface area contributed by atoms with Crippen LogP contribution in [0.15, 0.2) is 23.1 Å². The van der Waals surface area contributed by atoms with Gasteiger partial charge in [0.25, 0.3) is 0 Å². The molecular weight excluding hydrogens is 310 g/mol. The maximum Gasteiger partial charge on any atom is 0.243 e. The van der Waals surface area contributed by atoms with Crippen LogP contribution in [0.4, 0.5) is 0 Å². The molecule has 0 aromatic heterocycles. The highest BCUT2D eigenvalue weighted by Crippen LogP contribution is 2.28. The molecule has 0 amide bonds. The van der Waals surface area contributed by atoms with Crippen molar-refractivity contribution in [1.82, 2.24) is 4.31 Å². The van der Waals surface area contributed by atoms with Crippen LogP contribution in [0.1, 0.15) is 18.9 Å². The molecule has 2 atom stereocenters. The number of hydrogen-bond acceptors (Lipinski definition) is 4. The summed E-state index contributed by atoms with van der Waals surface area (Å²) in [7, 11) is -3.59. The van der Waals surface area contributed by atoms with Crippen LogP contribution in [0, 0.1) is 23.2 Å². The summed E-state index contributed by atoms with van der Waals surface area (Å²) in [5.74, 6) is 0.591. The van der Waals surface area contributed by atoms with Crippen molar-refractivity contribution >= 4 is 21.6 Å². The SMILES string of the molecule is CC1CCN(S(=O)(=O)c2ccc(C#N)c(Cl)c2)CC1CN. The van der Waals surface area contributed by atoms with Gasteiger partial charge in [0, 0.05) is 13.1 Å². The zero-order valence-corrected chi connectivity index (χ0v) is 13.4. The third-order valence-corrected chi connectivity index (χ3v) is 6.25. The van der Waals surface area contributed by atoms with E-state index >= 15 is 0 Å². The van der Waals surface area contributed by atoms with Gasteiger partial charge in [-0.15, -0.1) is 0 Å². The van der Waals surface area contributed by atoms with Crippen LogP contribution in [0.5, 0.6) is 0 Å². The van der Waals surface area contributed by atoms with Crippen molar-refractivity contribution in [1.29, 1.82) is 5.26 Å². The van der Waals surface area contributed by atoms with Gasteiger partial charge in [-0.2, -0.15) is 9.57 Å². The first-order valence-electron chi connectivity index (χ1n) is 6.80. The predicted octanol–water partition coefficient (Wildman–Crippen LogP) is 1.82. The van der Waals surface area contributed by atoms with Crippen LogP contribution >= 0.6 is 11.6 Å². The Hall–Kier alpha value is -1.13. The zero-order valence-electron chi connectivity index (χ0n) is 11.8. The van der Waals surface area contributed by atoms with Crippen LogP contribution in [-0.2, 0) is 10.0 Å². The molecule has 1 aliphatic rings. The fraction of sp³-hybridized carbons (Fsp3) is 0.500. The molecule has 0 spiro atoms. The fourth-order valence-corrected chi connectivity index (χ4v) is 4.36. The third kappa shape index (κ3) is 3.22. The summed E-state index contributed by atoms with van der Waals surface area (Å²) >= 11 is 5.93. The molecule has 1 fully saturated rings. The Morgan fingerprint density at radius 2 is 2.24 bits per heavy atom. The number of sulfonamides is 1. The molecule has 5 nitrogen and oxygen atoms in total. The van der Waals surface area contributed by atoms with E-state index in [4.69, 9.17) is 22.6 Å². The predicted molar refractivity (Wildman–Crippen MR) is 81.3 cm³/mol. The second kappa shape index (κ2) is 6.32.